The Morgan fingerprint density at radius 2 is 1.88 bits per heavy atom. The molecule has 0 spiro atoms. The minimum atomic E-state index is -3.90. The molecule has 1 aromatic heterocycles. The third kappa shape index (κ3) is 6.93. The van der Waals surface area contributed by atoms with Crippen LogP contribution in [-0.4, -0.2) is 43.1 Å². The number of ether oxygens (including phenoxy) is 1. The van der Waals surface area contributed by atoms with E-state index in [1.807, 2.05) is 48.0 Å². The number of aromatic nitrogens is 2. The van der Waals surface area contributed by atoms with Crippen LogP contribution in [0.5, 0.6) is 5.75 Å². The first kappa shape index (κ1) is 23.5. The number of carbonyl (C=O) groups is 1. The summed E-state index contributed by atoms with van der Waals surface area (Å²) in [7, 11) is -3.90. The van der Waals surface area contributed by atoms with Gasteiger partial charge >= 0.3 is 0 Å². The molecule has 0 aliphatic carbocycles. The SMILES string of the molecule is CCOc1ccc(S(=O)(=O)N[C@@H](Cc2ccccc2)C(=O)NCCCn2ccnc2)cc1. The summed E-state index contributed by atoms with van der Waals surface area (Å²) in [4.78, 5) is 16.9. The topological polar surface area (TPSA) is 102 Å². The molecule has 8 nitrogen and oxygen atoms in total. The summed E-state index contributed by atoms with van der Waals surface area (Å²) < 4.78 is 35.8. The van der Waals surface area contributed by atoms with Gasteiger partial charge < -0.3 is 14.6 Å². The Labute approximate surface area is 188 Å². The van der Waals surface area contributed by atoms with Gasteiger partial charge in [-0.3, -0.25) is 4.79 Å². The van der Waals surface area contributed by atoms with Gasteiger partial charge in [0.15, 0.2) is 0 Å². The number of hydrogen-bond acceptors (Lipinski definition) is 5. The van der Waals surface area contributed by atoms with Gasteiger partial charge in [0.05, 0.1) is 17.8 Å². The van der Waals surface area contributed by atoms with Gasteiger partial charge in [-0.15, -0.1) is 0 Å². The van der Waals surface area contributed by atoms with Crippen molar-refractivity contribution in [3.63, 3.8) is 0 Å². The van der Waals surface area contributed by atoms with Crippen molar-refractivity contribution in [3.05, 3.63) is 78.9 Å². The van der Waals surface area contributed by atoms with Crippen molar-refractivity contribution in [2.24, 2.45) is 0 Å². The highest BCUT2D eigenvalue weighted by molar-refractivity contribution is 7.89. The van der Waals surface area contributed by atoms with Crippen molar-refractivity contribution in [1.29, 1.82) is 0 Å². The molecule has 0 bridgehead atoms. The second-order valence-electron chi connectivity index (χ2n) is 7.21. The number of carbonyl (C=O) groups excluding carboxylic acids is 1. The van der Waals surface area contributed by atoms with E-state index >= 15 is 0 Å². The lowest BCUT2D eigenvalue weighted by Gasteiger charge is -2.19. The fraction of sp³-hybridized carbons (Fsp3) is 0.304. The number of amides is 1. The van der Waals surface area contributed by atoms with Gasteiger partial charge in [0.2, 0.25) is 15.9 Å². The first-order chi connectivity index (χ1) is 15.5. The van der Waals surface area contributed by atoms with E-state index in [1.54, 1.807) is 24.7 Å². The quantitative estimate of drug-likeness (QED) is 0.408. The lowest BCUT2D eigenvalue weighted by atomic mass is 10.1. The third-order valence-corrected chi connectivity index (χ3v) is 6.28. The van der Waals surface area contributed by atoms with Crippen LogP contribution >= 0.6 is 0 Å². The summed E-state index contributed by atoms with van der Waals surface area (Å²) in [6.07, 6.45) is 6.20. The number of nitrogens with zero attached hydrogens (tertiary/aromatic N) is 2. The first-order valence-corrected chi connectivity index (χ1v) is 12.0. The predicted molar refractivity (Wildman–Crippen MR) is 122 cm³/mol. The third-order valence-electron chi connectivity index (χ3n) is 4.79. The van der Waals surface area contributed by atoms with Gasteiger partial charge in [0, 0.05) is 25.5 Å². The zero-order valence-electron chi connectivity index (χ0n) is 18.0. The molecule has 0 saturated heterocycles. The van der Waals surface area contributed by atoms with Gasteiger partial charge in [-0.05, 0) is 49.6 Å². The lowest BCUT2D eigenvalue weighted by molar-refractivity contribution is -0.122. The van der Waals surface area contributed by atoms with Gasteiger partial charge in [-0.1, -0.05) is 30.3 Å². The highest BCUT2D eigenvalue weighted by Crippen LogP contribution is 2.17. The van der Waals surface area contributed by atoms with Crippen LogP contribution in [0.25, 0.3) is 0 Å². The molecule has 0 aliphatic heterocycles. The minimum absolute atomic E-state index is 0.0759. The number of nitrogens with one attached hydrogen (secondary N) is 2. The van der Waals surface area contributed by atoms with E-state index in [9.17, 15) is 13.2 Å². The Hall–Kier alpha value is -3.17. The Morgan fingerprint density at radius 1 is 1.12 bits per heavy atom. The molecular formula is C23H28N4O4S. The molecule has 9 heteroatoms. The molecule has 3 rings (SSSR count). The predicted octanol–water partition coefficient (Wildman–Crippen LogP) is 2.38. The Balaban J connectivity index is 1.67. The molecule has 0 radical (unpaired) electrons. The summed E-state index contributed by atoms with van der Waals surface area (Å²) in [5.74, 6) is 0.219. The summed E-state index contributed by atoms with van der Waals surface area (Å²) in [6.45, 7) is 3.48. The second kappa shape index (κ2) is 11.4. The molecule has 0 fully saturated rings. The molecule has 1 heterocycles. The van der Waals surface area contributed by atoms with E-state index in [2.05, 4.69) is 15.0 Å². The van der Waals surface area contributed by atoms with Crippen LogP contribution in [0.3, 0.4) is 0 Å². The van der Waals surface area contributed by atoms with Crippen LogP contribution in [0.2, 0.25) is 0 Å². The smallest absolute Gasteiger partial charge is 0.241 e. The molecule has 1 amide bonds. The molecular weight excluding hydrogens is 428 g/mol. The second-order valence-corrected chi connectivity index (χ2v) is 8.93. The highest BCUT2D eigenvalue weighted by atomic mass is 32.2. The average Bonchev–Trinajstić information content (AvgIpc) is 3.31. The summed E-state index contributed by atoms with van der Waals surface area (Å²) in [5.41, 5.74) is 0.862. The van der Waals surface area contributed by atoms with E-state index < -0.39 is 16.1 Å². The Kier molecular flexibility index (Phi) is 8.41. The maximum Gasteiger partial charge on any atom is 0.241 e. The highest BCUT2D eigenvalue weighted by Gasteiger charge is 2.26. The van der Waals surface area contributed by atoms with Gasteiger partial charge in [-0.2, -0.15) is 4.72 Å². The van der Waals surface area contributed by atoms with Crippen molar-refractivity contribution in [2.75, 3.05) is 13.2 Å². The number of rotatable bonds is 12. The van der Waals surface area contributed by atoms with Crippen molar-refractivity contribution in [3.8, 4) is 5.75 Å². The van der Waals surface area contributed by atoms with E-state index in [0.717, 1.165) is 5.56 Å². The fourth-order valence-corrected chi connectivity index (χ4v) is 4.39. The van der Waals surface area contributed by atoms with E-state index in [0.29, 0.717) is 31.9 Å². The van der Waals surface area contributed by atoms with Crippen LogP contribution in [0.15, 0.2) is 78.2 Å². The number of imidazole rings is 1. The minimum Gasteiger partial charge on any atom is -0.494 e. The molecule has 0 unspecified atom stereocenters. The zero-order valence-corrected chi connectivity index (χ0v) is 18.8. The van der Waals surface area contributed by atoms with Crippen LogP contribution in [0, 0.1) is 0 Å². The van der Waals surface area contributed by atoms with Crippen LogP contribution in [-0.2, 0) is 27.8 Å². The van der Waals surface area contributed by atoms with Gasteiger partial charge in [0.25, 0.3) is 0 Å². The van der Waals surface area contributed by atoms with Gasteiger partial charge in [-0.25, -0.2) is 13.4 Å². The molecule has 1 atom stereocenters. The summed E-state index contributed by atoms with van der Waals surface area (Å²) in [6, 6.07) is 14.5. The molecule has 2 N–H and O–H groups in total. The molecule has 2 aromatic carbocycles. The zero-order chi connectivity index (χ0) is 22.8. The summed E-state index contributed by atoms with van der Waals surface area (Å²) >= 11 is 0. The van der Waals surface area contributed by atoms with E-state index in [4.69, 9.17) is 4.74 Å². The maximum atomic E-state index is 12.9. The van der Waals surface area contributed by atoms with Gasteiger partial charge in [0.1, 0.15) is 11.8 Å². The average molecular weight is 457 g/mol. The van der Waals surface area contributed by atoms with Crippen molar-refractivity contribution >= 4 is 15.9 Å². The first-order valence-electron chi connectivity index (χ1n) is 10.5. The molecule has 0 saturated carbocycles. The van der Waals surface area contributed by atoms with E-state index in [-0.39, 0.29) is 17.2 Å². The lowest BCUT2D eigenvalue weighted by Crippen LogP contribution is -2.48. The largest absolute Gasteiger partial charge is 0.494 e. The molecule has 3 aromatic rings. The monoisotopic (exact) mass is 456 g/mol. The molecule has 0 aliphatic rings. The van der Waals surface area contributed by atoms with Crippen LogP contribution < -0.4 is 14.8 Å². The number of aryl methyl sites for hydroxylation is 1. The Bertz CT molecular complexity index is 1070. The number of benzene rings is 2. The van der Waals surface area contributed by atoms with Crippen molar-refractivity contribution in [2.45, 2.75) is 37.2 Å². The van der Waals surface area contributed by atoms with Crippen LogP contribution in [0.4, 0.5) is 0 Å². The fourth-order valence-electron chi connectivity index (χ4n) is 3.19. The van der Waals surface area contributed by atoms with E-state index in [1.165, 1.54) is 12.1 Å². The standard InChI is InChI=1S/C23H28N4O4S/c1-2-31-20-9-11-21(12-10-20)32(29,30)26-22(17-19-7-4-3-5-8-19)23(28)25-13-6-15-27-16-14-24-18-27/h3-5,7-12,14,16,18,22,26H,2,6,13,15,17H2,1H3,(H,25,28)/t22-/m0/s1. The van der Waals surface area contributed by atoms with Crippen molar-refractivity contribution in [1.82, 2.24) is 19.6 Å². The number of hydrogen-bond donors (Lipinski definition) is 2. The maximum absolute atomic E-state index is 12.9. The Morgan fingerprint density at radius 3 is 2.53 bits per heavy atom. The number of sulfonamides is 1. The molecule has 32 heavy (non-hydrogen) atoms. The summed E-state index contributed by atoms with van der Waals surface area (Å²) in [5, 5.41) is 2.85. The normalized spacial score (nSPS) is 12.3. The molecule has 170 valence electrons. The van der Waals surface area contributed by atoms with Crippen LogP contribution in [0.1, 0.15) is 18.9 Å². The van der Waals surface area contributed by atoms with Crippen molar-refractivity contribution < 1.29 is 17.9 Å².